The normalized spacial score (nSPS) is 24.8. The van der Waals surface area contributed by atoms with Crippen LogP contribution in [0.15, 0.2) is 54.6 Å². The molecule has 0 saturated heterocycles. The average Bonchev–Trinajstić information content (AvgIpc) is 3.51. The lowest BCUT2D eigenvalue weighted by Gasteiger charge is -2.41. The molecular weight excluding hydrogens is 574 g/mol. The van der Waals surface area contributed by atoms with E-state index >= 15 is 0 Å². The summed E-state index contributed by atoms with van der Waals surface area (Å²) in [5.41, 5.74) is 1.88. The van der Waals surface area contributed by atoms with Gasteiger partial charge in [-0.15, -0.1) is 0 Å². The van der Waals surface area contributed by atoms with Crippen molar-refractivity contribution in [2.75, 3.05) is 7.11 Å². The van der Waals surface area contributed by atoms with Crippen LogP contribution in [-0.2, 0) is 36.8 Å². The number of aliphatic hydroxyl groups excluding tert-OH is 1. The maximum absolute atomic E-state index is 13.9. The van der Waals surface area contributed by atoms with E-state index in [0.717, 1.165) is 29.5 Å². The molecule has 1 heterocycles. The fourth-order valence-corrected chi connectivity index (χ4v) is 7.32. The number of nitrogens with zero attached hydrogens (tertiary/aromatic N) is 1. The first-order chi connectivity index (χ1) is 21.4. The van der Waals surface area contributed by atoms with Crippen molar-refractivity contribution in [1.82, 2.24) is 15.5 Å². The number of hydrogen-bond acceptors (Lipinski definition) is 7. The topological polar surface area (TPSA) is 134 Å². The molecule has 2 aromatic carbocycles. The van der Waals surface area contributed by atoms with Gasteiger partial charge in [0, 0.05) is 25.4 Å². The third-order valence-corrected chi connectivity index (χ3v) is 9.44. The standard InChI is InChI=1S/C35H45N3O7/c1-34(2,3)45-33(43)37-26-19-35(17-25(26)18-35)20-27(32(42)44-4)36-31(41)28-16-23-12-8-9-13-24(23)21-38(28)30(40)15-14-29(39)22-10-6-5-7-11-22/h5-13,25-29,39H,14-21H2,1-4H3,(H,36,41)(H,37,43)/t25?,26?,27?,28-,29?,35?/m0/s1. The van der Waals surface area contributed by atoms with Crippen molar-refractivity contribution in [3.63, 3.8) is 0 Å². The van der Waals surface area contributed by atoms with Crippen molar-refractivity contribution in [3.05, 3.63) is 71.3 Å². The number of rotatable bonds is 10. The summed E-state index contributed by atoms with van der Waals surface area (Å²) in [5.74, 6) is -0.891. The van der Waals surface area contributed by atoms with Crippen LogP contribution in [0.2, 0.25) is 0 Å². The van der Waals surface area contributed by atoms with Gasteiger partial charge in [0.1, 0.15) is 17.7 Å². The molecule has 45 heavy (non-hydrogen) atoms. The lowest BCUT2D eigenvalue weighted by molar-refractivity contribution is -0.148. The molecule has 2 bridgehead atoms. The number of carbonyl (C=O) groups is 4. The molecule has 242 valence electrons. The van der Waals surface area contributed by atoms with Gasteiger partial charge in [0.15, 0.2) is 0 Å². The summed E-state index contributed by atoms with van der Waals surface area (Å²) in [6, 6.07) is 15.2. The van der Waals surface area contributed by atoms with Crippen LogP contribution in [0.4, 0.5) is 4.79 Å². The molecule has 4 aliphatic rings. The van der Waals surface area contributed by atoms with E-state index in [1.54, 1.807) is 4.90 Å². The molecule has 3 amide bonds. The van der Waals surface area contributed by atoms with Gasteiger partial charge in [-0.3, -0.25) is 9.59 Å². The SMILES string of the molecule is COC(=O)C(CC12CC(C1)C(NC(=O)OC(C)(C)C)C2)NC(=O)[C@@H]1Cc2ccccc2CN1C(=O)CCC(O)c1ccccc1. The third kappa shape index (κ3) is 7.66. The monoisotopic (exact) mass is 619 g/mol. The van der Waals surface area contributed by atoms with Crippen LogP contribution in [0, 0.1) is 11.3 Å². The molecule has 10 nitrogen and oxygen atoms in total. The zero-order chi connectivity index (χ0) is 32.4. The van der Waals surface area contributed by atoms with Crippen LogP contribution in [0.3, 0.4) is 0 Å². The van der Waals surface area contributed by atoms with Gasteiger partial charge >= 0.3 is 12.1 Å². The number of amides is 3. The van der Waals surface area contributed by atoms with E-state index in [1.165, 1.54) is 7.11 Å². The minimum absolute atomic E-state index is 0.0527. The smallest absolute Gasteiger partial charge is 0.407 e. The third-order valence-electron chi connectivity index (χ3n) is 9.44. The van der Waals surface area contributed by atoms with Gasteiger partial charge in [0.25, 0.3) is 0 Å². The van der Waals surface area contributed by atoms with E-state index in [1.807, 2.05) is 75.4 Å². The summed E-state index contributed by atoms with van der Waals surface area (Å²) >= 11 is 0. The van der Waals surface area contributed by atoms with Crippen LogP contribution in [0.1, 0.15) is 82.1 Å². The predicted octanol–water partition coefficient (Wildman–Crippen LogP) is 4.20. The minimum atomic E-state index is -0.891. The second-order valence-corrected chi connectivity index (χ2v) is 13.9. The Bertz CT molecular complexity index is 1400. The average molecular weight is 620 g/mol. The number of hydrogen-bond donors (Lipinski definition) is 3. The highest BCUT2D eigenvalue weighted by atomic mass is 16.6. The van der Waals surface area contributed by atoms with Gasteiger partial charge in [-0.2, -0.15) is 0 Å². The summed E-state index contributed by atoms with van der Waals surface area (Å²) < 4.78 is 10.5. The molecule has 6 rings (SSSR count). The van der Waals surface area contributed by atoms with Gasteiger partial charge in [-0.05, 0) is 80.9 Å². The lowest BCUT2D eigenvalue weighted by Crippen LogP contribution is -2.56. The van der Waals surface area contributed by atoms with Gasteiger partial charge < -0.3 is 30.1 Å². The molecular formula is C35H45N3O7. The van der Waals surface area contributed by atoms with E-state index in [4.69, 9.17) is 9.47 Å². The van der Waals surface area contributed by atoms with Crippen molar-refractivity contribution in [2.24, 2.45) is 11.3 Å². The Morgan fingerprint density at radius 3 is 2.33 bits per heavy atom. The van der Waals surface area contributed by atoms with Crippen molar-refractivity contribution in [1.29, 1.82) is 0 Å². The first kappa shape index (κ1) is 32.5. The fourth-order valence-electron chi connectivity index (χ4n) is 7.32. The van der Waals surface area contributed by atoms with E-state index in [9.17, 15) is 24.3 Å². The molecule has 3 saturated carbocycles. The van der Waals surface area contributed by atoms with E-state index < -0.39 is 41.8 Å². The molecule has 3 fully saturated rings. The van der Waals surface area contributed by atoms with Crippen LogP contribution in [0.5, 0.6) is 0 Å². The summed E-state index contributed by atoms with van der Waals surface area (Å²) in [4.78, 5) is 54.4. The number of aliphatic hydroxyl groups is 1. The predicted molar refractivity (Wildman–Crippen MR) is 167 cm³/mol. The van der Waals surface area contributed by atoms with E-state index in [2.05, 4.69) is 10.6 Å². The Balaban J connectivity index is 1.26. The summed E-state index contributed by atoms with van der Waals surface area (Å²) in [5, 5.41) is 16.6. The van der Waals surface area contributed by atoms with Gasteiger partial charge in [-0.1, -0.05) is 54.6 Å². The molecule has 10 heteroatoms. The highest BCUT2D eigenvalue weighted by Crippen LogP contribution is 2.61. The maximum Gasteiger partial charge on any atom is 0.407 e. The second kappa shape index (κ2) is 13.2. The number of fused-ring (bicyclic) bond motifs is 2. The number of nitrogens with one attached hydrogen (secondary N) is 2. The van der Waals surface area contributed by atoms with Crippen molar-refractivity contribution >= 4 is 23.9 Å². The Morgan fingerprint density at radius 1 is 1.00 bits per heavy atom. The molecule has 0 spiro atoms. The lowest BCUT2D eigenvalue weighted by atomic mass is 9.66. The molecule has 1 aliphatic heterocycles. The number of ether oxygens (including phenoxy) is 2. The molecule has 4 atom stereocenters. The van der Waals surface area contributed by atoms with Gasteiger partial charge in [0.2, 0.25) is 11.8 Å². The van der Waals surface area contributed by atoms with E-state index in [0.29, 0.717) is 25.2 Å². The van der Waals surface area contributed by atoms with Gasteiger partial charge in [-0.25, -0.2) is 9.59 Å². The van der Waals surface area contributed by atoms with Crippen LogP contribution in [-0.4, -0.2) is 64.7 Å². The zero-order valence-electron chi connectivity index (χ0n) is 26.6. The van der Waals surface area contributed by atoms with Crippen LogP contribution < -0.4 is 10.6 Å². The fraction of sp³-hybridized carbons (Fsp3) is 0.543. The first-order valence-corrected chi connectivity index (χ1v) is 15.8. The number of carbonyl (C=O) groups excluding carboxylic acids is 4. The highest BCUT2D eigenvalue weighted by Gasteiger charge is 2.57. The Labute approximate surface area is 264 Å². The molecule has 3 N–H and O–H groups in total. The van der Waals surface area contributed by atoms with Crippen molar-refractivity contribution < 1.29 is 33.8 Å². The minimum Gasteiger partial charge on any atom is -0.467 e. The second-order valence-electron chi connectivity index (χ2n) is 13.9. The first-order valence-electron chi connectivity index (χ1n) is 15.8. The Morgan fingerprint density at radius 2 is 1.67 bits per heavy atom. The number of benzene rings is 2. The van der Waals surface area contributed by atoms with Gasteiger partial charge in [0.05, 0.1) is 13.2 Å². The van der Waals surface area contributed by atoms with Crippen LogP contribution in [0.25, 0.3) is 0 Å². The Hall–Kier alpha value is -3.92. The number of esters is 1. The molecule has 3 unspecified atom stereocenters. The molecule has 2 aromatic rings. The summed E-state index contributed by atoms with van der Waals surface area (Å²) in [7, 11) is 1.30. The van der Waals surface area contributed by atoms with Crippen LogP contribution >= 0.6 is 0 Å². The maximum atomic E-state index is 13.9. The Kier molecular flexibility index (Phi) is 9.53. The summed E-state index contributed by atoms with van der Waals surface area (Å²) in [6.45, 7) is 5.72. The van der Waals surface area contributed by atoms with Crippen molar-refractivity contribution in [2.45, 2.75) is 102 Å². The molecule has 0 aromatic heterocycles. The number of methoxy groups -OCH3 is 1. The largest absolute Gasteiger partial charge is 0.467 e. The molecule has 0 radical (unpaired) electrons. The number of alkyl carbamates (subject to hydrolysis) is 1. The van der Waals surface area contributed by atoms with Crippen molar-refractivity contribution in [3.8, 4) is 0 Å². The van der Waals surface area contributed by atoms with E-state index in [-0.39, 0.29) is 36.8 Å². The summed E-state index contributed by atoms with van der Waals surface area (Å²) in [6.07, 6.45) is 2.10. The zero-order valence-corrected chi connectivity index (χ0v) is 26.6. The highest BCUT2D eigenvalue weighted by molar-refractivity contribution is 5.91. The quantitative estimate of drug-likeness (QED) is 0.340. The molecule has 3 aliphatic carbocycles.